The third-order valence-electron chi connectivity index (χ3n) is 8.44. The van der Waals surface area contributed by atoms with E-state index in [1.807, 2.05) is 47.4 Å². The Kier molecular flexibility index (Phi) is 8.13. The van der Waals surface area contributed by atoms with E-state index < -0.39 is 8.32 Å². The van der Waals surface area contributed by atoms with Crippen LogP contribution in [0.5, 0.6) is 11.5 Å². The monoisotopic (exact) mass is 576 g/mol. The van der Waals surface area contributed by atoms with Gasteiger partial charge in [0, 0.05) is 12.6 Å². The number of anilines is 1. The minimum absolute atomic E-state index is 0.0117. The molecule has 1 N–H and O–H groups in total. The lowest BCUT2D eigenvalue weighted by molar-refractivity contribution is 0.0541. The van der Waals surface area contributed by atoms with Gasteiger partial charge >= 0.3 is 0 Å². The van der Waals surface area contributed by atoms with Gasteiger partial charge < -0.3 is 24.1 Å². The van der Waals surface area contributed by atoms with Gasteiger partial charge in [0.15, 0.2) is 19.8 Å². The Balaban J connectivity index is 1.47. The molecule has 2 aliphatic rings. The number of benzene rings is 2. The zero-order valence-corrected chi connectivity index (χ0v) is 26.1. The molecule has 0 aliphatic carbocycles. The largest absolute Gasteiger partial charge is 0.493 e. The van der Waals surface area contributed by atoms with Crippen LogP contribution in [-0.4, -0.2) is 51.5 Å². The van der Waals surface area contributed by atoms with E-state index in [2.05, 4.69) is 62.1 Å². The van der Waals surface area contributed by atoms with Crippen LogP contribution in [-0.2, 0) is 11.0 Å². The predicted molar refractivity (Wildman–Crippen MR) is 166 cm³/mol. The normalized spacial score (nSPS) is 19.2. The van der Waals surface area contributed by atoms with Crippen molar-refractivity contribution in [2.45, 2.75) is 64.0 Å². The Morgan fingerprint density at radius 3 is 2.55 bits per heavy atom. The molecule has 0 spiro atoms. The topological polar surface area (TPSA) is 60.0 Å². The average molecular weight is 577 g/mol. The van der Waals surface area contributed by atoms with Crippen molar-refractivity contribution in [2.75, 3.05) is 25.6 Å². The zero-order valence-electron chi connectivity index (χ0n) is 24.3. The first-order valence-corrected chi connectivity index (χ1v) is 17.7. The number of thiophene rings is 1. The highest BCUT2D eigenvalue weighted by Gasteiger charge is 2.42. The fourth-order valence-corrected chi connectivity index (χ4v) is 6.77. The molecule has 0 saturated carbocycles. The summed E-state index contributed by atoms with van der Waals surface area (Å²) in [6.45, 7) is 12.8. The number of fused-ring (bicyclic) bond motifs is 2. The van der Waals surface area contributed by atoms with Crippen LogP contribution >= 0.6 is 11.3 Å². The number of carbonyl (C=O) groups excluding carboxylic acids is 1. The van der Waals surface area contributed by atoms with Gasteiger partial charge in [0.1, 0.15) is 6.61 Å². The Morgan fingerprint density at radius 2 is 1.88 bits per heavy atom. The zero-order chi connectivity index (χ0) is 28.5. The highest BCUT2D eigenvalue weighted by Crippen LogP contribution is 2.41. The summed E-state index contributed by atoms with van der Waals surface area (Å²) in [5.41, 5.74) is 4.93. The van der Waals surface area contributed by atoms with Crippen LogP contribution in [0.15, 0.2) is 65.4 Å². The molecule has 212 valence electrons. The molecule has 1 unspecified atom stereocenters. The molecule has 6 nitrogen and oxygen atoms in total. The summed E-state index contributed by atoms with van der Waals surface area (Å²) in [5.74, 6) is 1.14. The van der Waals surface area contributed by atoms with Crippen molar-refractivity contribution in [3.63, 3.8) is 0 Å². The van der Waals surface area contributed by atoms with Crippen molar-refractivity contribution in [1.29, 1.82) is 0 Å². The molecule has 1 aromatic heterocycles. The third kappa shape index (κ3) is 5.85. The molecule has 3 aromatic rings. The summed E-state index contributed by atoms with van der Waals surface area (Å²) in [6.07, 6.45) is 3.02. The van der Waals surface area contributed by atoms with Crippen molar-refractivity contribution in [2.24, 2.45) is 0 Å². The second kappa shape index (κ2) is 11.4. The Hall–Kier alpha value is -3.07. The number of carbonyl (C=O) groups is 1. The summed E-state index contributed by atoms with van der Waals surface area (Å²) in [7, 11) is -0.395. The lowest BCUT2D eigenvalue weighted by Gasteiger charge is -2.43. The van der Waals surface area contributed by atoms with Gasteiger partial charge in [-0.2, -0.15) is 11.3 Å². The number of nitrogens with zero attached hydrogens (tertiary/aromatic N) is 1. The molecule has 2 aliphatic heterocycles. The Morgan fingerprint density at radius 1 is 1.10 bits per heavy atom. The molecule has 0 bridgehead atoms. The maximum atomic E-state index is 14.3. The van der Waals surface area contributed by atoms with Crippen LogP contribution in [0.3, 0.4) is 0 Å². The van der Waals surface area contributed by atoms with E-state index >= 15 is 0 Å². The van der Waals surface area contributed by atoms with Gasteiger partial charge in [-0.3, -0.25) is 4.79 Å². The number of rotatable bonds is 8. The van der Waals surface area contributed by atoms with Gasteiger partial charge in [-0.05, 0) is 64.1 Å². The Bertz CT molecular complexity index is 1370. The van der Waals surface area contributed by atoms with Crippen LogP contribution < -0.4 is 14.8 Å². The number of hydrogen-bond acceptors (Lipinski definition) is 6. The van der Waals surface area contributed by atoms with Gasteiger partial charge in [-0.25, -0.2) is 0 Å². The molecule has 8 heteroatoms. The quantitative estimate of drug-likeness (QED) is 0.282. The fraction of sp³-hybridized carbons (Fsp3) is 0.406. The lowest BCUT2D eigenvalue weighted by atomic mass is 9.91. The predicted octanol–water partition coefficient (Wildman–Crippen LogP) is 7.45. The minimum atomic E-state index is -2.01. The second-order valence-electron chi connectivity index (χ2n) is 12.1. The minimum Gasteiger partial charge on any atom is -0.493 e. The van der Waals surface area contributed by atoms with Crippen molar-refractivity contribution in [3.8, 4) is 11.5 Å². The molecule has 40 heavy (non-hydrogen) atoms. The number of methoxy groups -OCH3 is 1. The molecular formula is C32H40N2O4SSi. The van der Waals surface area contributed by atoms with Gasteiger partial charge in [0.2, 0.25) is 0 Å². The molecule has 0 radical (unpaired) electrons. The van der Waals surface area contributed by atoms with Crippen LogP contribution in [0.1, 0.15) is 48.7 Å². The van der Waals surface area contributed by atoms with E-state index in [0.29, 0.717) is 36.8 Å². The van der Waals surface area contributed by atoms with Gasteiger partial charge in [0.25, 0.3) is 5.91 Å². The van der Waals surface area contributed by atoms with E-state index in [0.717, 1.165) is 17.7 Å². The van der Waals surface area contributed by atoms with Gasteiger partial charge in [-0.1, -0.05) is 57.2 Å². The number of amides is 1. The van der Waals surface area contributed by atoms with Crippen LogP contribution in [0, 0.1) is 0 Å². The Labute approximate surface area is 243 Å². The molecule has 1 amide bonds. The van der Waals surface area contributed by atoms with Crippen molar-refractivity contribution in [1.82, 2.24) is 4.90 Å². The summed E-state index contributed by atoms with van der Waals surface area (Å²) in [5, 5.41) is 7.95. The maximum Gasteiger partial charge on any atom is 0.256 e. The van der Waals surface area contributed by atoms with Gasteiger partial charge in [-0.15, -0.1) is 0 Å². The molecule has 2 aromatic carbocycles. The number of nitrogens with one attached hydrogen (secondary N) is 1. The third-order valence-corrected chi connectivity index (χ3v) is 13.6. The van der Waals surface area contributed by atoms with E-state index in [1.165, 1.54) is 11.1 Å². The summed E-state index contributed by atoms with van der Waals surface area (Å²) < 4.78 is 18.6. The highest BCUT2D eigenvalue weighted by molar-refractivity contribution is 7.08. The maximum absolute atomic E-state index is 14.3. The molecular weight excluding hydrogens is 537 g/mol. The molecule has 2 atom stereocenters. The van der Waals surface area contributed by atoms with E-state index in [4.69, 9.17) is 13.9 Å². The number of ether oxygens (including phenoxy) is 2. The van der Waals surface area contributed by atoms with E-state index in [-0.39, 0.29) is 23.0 Å². The van der Waals surface area contributed by atoms with Crippen molar-refractivity contribution >= 4 is 36.8 Å². The first kappa shape index (κ1) is 28.5. The van der Waals surface area contributed by atoms with Crippen LogP contribution in [0.2, 0.25) is 18.1 Å². The standard InChI is InChI=1S/C32H40N2O4SSi/c1-32(2,3)40(5,6)38-20-26-15-24(23-12-13-39-21-23)14-25-18-33-28-17-30(37-19-22-10-8-7-9-11-22)29(36-4)16-27(28)31(35)34(25)26/h7-14,16-17,21,25-26,33H,15,18-20H2,1-6H3/t25?,26-/m0/s1. The number of hydrogen-bond donors (Lipinski definition) is 1. The second-order valence-corrected chi connectivity index (χ2v) is 17.7. The average Bonchev–Trinajstić information content (AvgIpc) is 3.44. The lowest BCUT2D eigenvalue weighted by Crippen LogP contribution is -2.53. The molecule has 5 rings (SSSR count). The smallest absolute Gasteiger partial charge is 0.256 e. The highest BCUT2D eigenvalue weighted by atomic mass is 32.1. The summed E-state index contributed by atoms with van der Waals surface area (Å²) in [6, 6.07) is 15.7. The first-order valence-electron chi connectivity index (χ1n) is 13.9. The van der Waals surface area contributed by atoms with Crippen LogP contribution in [0.4, 0.5) is 5.69 Å². The fourth-order valence-electron chi connectivity index (χ4n) is 5.04. The van der Waals surface area contributed by atoms with Gasteiger partial charge in [0.05, 0.1) is 37.1 Å². The molecule has 3 heterocycles. The van der Waals surface area contributed by atoms with Crippen molar-refractivity contribution < 1.29 is 18.7 Å². The first-order chi connectivity index (χ1) is 19.1. The van der Waals surface area contributed by atoms with E-state index in [1.54, 1.807) is 18.4 Å². The van der Waals surface area contributed by atoms with Crippen molar-refractivity contribution in [3.05, 3.63) is 82.1 Å². The SMILES string of the molecule is COc1cc2c(cc1OCc1ccccc1)NCC1C=C(c3ccsc3)C[C@@H](CO[Si](C)(C)C(C)(C)C)N1C2=O. The van der Waals surface area contributed by atoms with Crippen LogP contribution in [0.25, 0.3) is 5.57 Å². The van der Waals surface area contributed by atoms with E-state index in [9.17, 15) is 4.79 Å². The summed E-state index contributed by atoms with van der Waals surface area (Å²) >= 11 is 1.70. The molecule has 0 saturated heterocycles. The molecule has 0 fully saturated rings. The summed E-state index contributed by atoms with van der Waals surface area (Å²) in [4.78, 5) is 16.3.